The molecule has 1 atom stereocenters. The first-order valence-electron chi connectivity index (χ1n) is 9.98. The number of ether oxygens (including phenoxy) is 2. The molecule has 2 amide bonds. The van der Waals surface area contributed by atoms with Crippen LogP contribution in [0.3, 0.4) is 0 Å². The Labute approximate surface area is 203 Å². The monoisotopic (exact) mass is 502 g/mol. The van der Waals surface area contributed by atoms with E-state index in [1.54, 1.807) is 36.4 Å². The van der Waals surface area contributed by atoms with Gasteiger partial charge in [0.15, 0.2) is 0 Å². The molecule has 0 bridgehead atoms. The minimum atomic E-state index is -2.61. The maximum atomic E-state index is 14.9. The SMILES string of the molecule is NC(=O)C1(OC(=O)OCc2ccccc2)C(=O)N(Cc2ccc(Cl)c(Cl)c2)c2c(F)cccc21. The molecule has 3 aromatic carbocycles. The molecular weight excluding hydrogens is 486 g/mol. The molecule has 3 aromatic rings. The summed E-state index contributed by atoms with van der Waals surface area (Å²) in [5, 5.41) is 0.516. The molecule has 0 saturated heterocycles. The van der Waals surface area contributed by atoms with Crippen molar-refractivity contribution in [1.29, 1.82) is 0 Å². The Balaban J connectivity index is 1.69. The van der Waals surface area contributed by atoms with Crippen molar-refractivity contribution in [1.82, 2.24) is 0 Å². The van der Waals surface area contributed by atoms with Crippen molar-refractivity contribution in [3.63, 3.8) is 0 Å². The molecule has 0 saturated carbocycles. The zero-order valence-electron chi connectivity index (χ0n) is 17.5. The second-order valence-corrected chi connectivity index (χ2v) is 8.26. The van der Waals surface area contributed by atoms with Gasteiger partial charge >= 0.3 is 6.16 Å². The fourth-order valence-electron chi connectivity index (χ4n) is 3.71. The zero-order valence-corrected chi connectivity index (χ0v) is 19.0. The predicted molar refractivity (Wildman–Crippen MR) is 123 cm³/mol. The summed E-state index contributed by atoms with van der Waals surface area (Å²) in [6.07, 6.45) is -1.32. The van der Waals surface area contributed by atoms with Gasteiger partial charge in [-0.1, -0.05) is 71.7 Å². The molecule has 7 nitrogen and oxygen atoms in total. The van der Waals surface area contributed by atoms with Crippen LogP contribution in [0.15, 0.2) is 66.7 Å². The largest absolute Gasteiger partial charge is 0.510 e. The van der Waals surface area contributed by atoms with Gasteiger partial charge < -0.3 is 20.1 Å². The van der Waals surface area contributed by atoms with E-state index in [9.17, 15) is 18.8 Å². The van der Waals surface area contributed by atoms with Gasteiger partial charge in [0.2, 0.25) is 0 Å². The summed E-state index contributed by atoms with van der Waals surface area (Å²) in [7, 11) is 0. The Morgan fingerprint density at radius 1 is 0.971 bits per heavy atom. The molecule has 1 unspecified atom stereocenters. The van der Waals surface area contributed by atoms with E-state index in [-0.39, 0.29) is 29.4 Å². The number of primary amides is 1. The lowest BCUT2D eigenvalue weighted by molar-refractivity contribution is -0.153. The van der Waals surface area contributed by atoms with E-state index >= 15 is 0 Å². The van der Waals surface area contributed by atoms with Crippen LogP contribution in [-0.2, 0) is 37.8 Å². The van der Waals surface area contributed by atoms with Gasteiger partial charge in [-0.25, -0.2) is 9.18 Å². The van der Waals surface area contributed by atoms with Crippen LogP contribution in [-0.4, -0.2) is 18.0 Å². The first-order chi connectivity index (χ1) is 16.2. The average molecular weight is 503 g/mol. The van der Waals surface area contributed by atoms with Crippen LogP contribution in [0.2, 0.25) is 10.0 Å². The fourth-order valence-corrected chi connectivity index (χ4v) is 4.03. The molecule has 1 aliphatic rings. The van der Waals surface area contributed by atoms with Gasteiger partial charge in [0.1, 0.15) is 12.4 Å². The molecule has 1 heterocycles. The molecule has 0 fully saturated rings. The molecule has 10 heteroatoms. The van der Waals surface area contributed by atoms with E-state index in [0.29, 0.717) is 16.1 Å². The maximum absolute atomic E-state index is 14.9. The molecule has 0 radical (unpaired) electrons. The number of rotatable bonds is 6. The van der Waals surface area contributed by atoms with Crippen molar-refractivity contribution in [3.8, 4) is 0 Å². The number of hydrogen-bond donors (Lipinski definition) is 1. The van der Waals surface area contributed by atoms with E-state index < -0.39 is 29.4 Å². The summed E-state index contributed by atoms with van der Waals surface area (Å²) >= 11 is 12.0. The van der Waals surface area contributed by atoms with Crippen LogP contribution < -0.4 is 10.6 Å². The van der Waals surface area contributed by atoms with Gasteiger partial charge in [-0.3, -0.25) is 9.59 Å². The molecule has 2 N–H and O–H groups in total. The normalized spacial score (nSPS) is 16.8. The Kier molecular flexibility index (Phi) is 6.45. The van der Waals surface area contributed by atoms with Gasteiger partial charge in [0.05, 0.1) is 22.3 Å². The third-order valence-corrected chi connectivity index (χ3v) is 6.03. The zero-order chi connectivity index (χ0) is 24.5. The number of nitrogens with zero attached hydrogens (tertiary/aromatic N) is 1. The molecule has 34 heavy (non-hydrogen) atoms. The maximum Gasteiger partial charge on any atom is 0.510 e. The molecular formula is C24H17Cl2FN2O5. The molecule has 174 valence electrons. The van der Waals surface area contributed by atoms with Crippen molar-refractivity contribution < 1.29 is 28.2 Å². The lowest BCUT2D eigenvalue weighted by Crippen LogP contribution is -2.52. The van der Waals surface area contributed by atoms with Crippen molar-refractivity contribution >= 4 is 46.9 Å². The van der Waals surface area contributed by atoms with Gasteiger partial charge in [0.25, 0.3) is 17.4 Å². The third-order valence-electron chi connectivity index (χ3n) is 5.29. The van der Waals surface area contributed by atoms with Crippen molar-refractivity contribution in [2.45, 2.75) is 18.8 Å². The van der Waals surface area contributed by atoms with Crippen LogP contribution in [0, 0.1) is 5.82 Å². The Hall–Kier alpha value is -3.62. The molecule has 4 rings (SSSR count). The number of hydrogen-bond acceptors (Lipinski definition) is 5. The number of halogens is 3. The van der Waals surface area contributed by atoms with Gasteiger partial charge in [-0.15, -0.1) is 0 Å². The van der Waals surface area contributed by atoms with E-state index in [0.717, 1.165) is 11.0 Å². The number of fused-ring (bicyclic) bond motifs is 1. The van der Waals surface area contributed by atoms with E-state index in [4.69, 9.17) is 38.4 Å². The minimum absolute atomic E-state index is 0.175. The second-order valence-electron chi connectivity index (χ2n) is 7.45. The highest BCUT2D eigenvalue weighted by Crippen LogP contribution is 2.45. The molecule has 0 aliphatic carbocycles. The Morgan fingerprint density at radius 2 is 1.71 bits per heavy atom. The van der Waals surface area contributed by atoms with Crippen LogP contribution in [0.25, 0.3) is 0 Å². The molecule has 1 aliphatic heterocycles. The standard InChI is InChI=1S/C24H17Cl2FN2O5/c25-17-10-9-15(11-18(17)26)12-29-20-16(7-4-8-19(20)27)24(21(28)30,22(29)31)34-23(32)33-13-14-5-2-1-3-6-14/h1-11H,12-13H2,(H2,28,30). The van der Waals surface area contributed by atoms with Crippen LogP contribution in [0.5, 0.6) is 0 Å². The average Bonchev–Trinajstić information content (AvgIpc) is 3.05. The fraction of sp³-hybridized carbons (Fsp3) is 0.125. The highest BCUT2D eigenvalue weighted by atomic mass is 35.5. The number of amides is 2. The second kappa shape index (κ2) is 9.32. The predicted octanol–water partition coefficient (Wildman–Crippen LogP) is 4.71. The molecule has 0 spiro atoms. The first-order valence-corrected chi connectivity index (χ1v) is 10.7. The van der Waals surface area contributed by atoms with Gasteiger partial charge in [-0.2, -0.15) is 0 Å². The number of carbonyl (C=O) groups excluding carboxylic acids is 3. The van der Waals surface area contributed by atoms with E-state index in [1.165, 1.54) is 24.3 Å². The smallest absolute Gasteiger partial charge is 0.429 e. The number of anilines is 1. The Bertz CT molecular complexity index is 1290. The van der Waals surface area contributed by atoms with Crippen molar-refractivity contribution in [2.75, 3.05) is 4.90 Å². The summed E-state index contributed by atoms with van der Waals surface area (Å²) < 4.78 is 25.2. The van der Waals surface area contributed by atoms with Crippen LogP contribution >= 0.6 is 23.2 Å². The van der Waals surface area contributed by atoms with E-state index in [1.807, 2.05) is 0 Å². The molecule has 0 aromatic heterocycles. The van der Waals surface area contributed by atoms with Crippen molar-refractivity contribution in [3.05, 3.63) is 99.3 Å². The summed E-state index contributed by atoms with van der Waals surface area (Å²) in [6, 6.07) is 17.0. The summed E-state index contributed by atoms with van der Waals surface area (Å²) in [4.78, 5) is 39.6. The quantitative estimate of drug-likeness (QED) is 0.388. The lowest BCUT2D eigenvalue weighted by Gasteiger charge is -2.25. The Morgan fingerprint density at radius 3 is 2.38 bits per heavy atom. The summed E-state index contributed by atoms with van der Waals surface area (Å²) in [5.41, 5.74) is 3.64. The van der Waals surface area contributed by atoms with Crippen molar-refractivity contribution in [2.24, 2.45) is 5.73 Å². The lowest BCUT2D eigenvalue weighted by atomic mass is 9.94. The highest BCUT2D eigenvalue weighted by molar-refractivity contribution is 6.42. The number of nitrogens with two attached hydrogens (primary N) is 1. The van der Waals surface area contributed by atoms with E-state index in [2.05, 4.69) is 0 Å². The summed E-state index contributed by atoms with van der Waals surface area (Å²) in [6.45, 7) is -0.368. The number of benzene rings is 3. The topological polar surface area (TPSA) is 98.9 Å². The minimum Gasteiger partial charge on any atom is -0.429 e. The number of carbonyl (C=O) groups is 3. The van der Waals surface area contributed by atoms with Crippen LogP contribution in [0.1, 0.15) is 16.7 Å². The third kappa shape index (κ3) is 4.18. The van der Waals surface area contributed by atoms with Crippen LogP contribution in [0.4, 0.5) is 14.9 Å². The summed E-state index contributed by atoms with van der Waals surface area (Å²) in [5.74, 6) is -3.14. The number of para-hydroxylation sites is 1. The van der Waals surface area contributed by atoms with Gasteiger partial charge in [-0.05, 0) is 29.3 Å². The first kappa shape index (κ1) is 23.5. The van der Waals surface area contributed by atoms with Gasteiger partial charge in [0, 0.05) is 5.56 Å². The highest BCUT2D eigenvalue weighted by Gasteiger charge is 2.60.